The average Bonchev–Trinajstić information content (AvgIpc) is 2.80. The Balaban J connectivity index is 2.26. The zero-order valence-electron chi connectivity index (χ0n) is 10.8. The molecule has 0 aliphatic carbocycles. The molecule has 0 aliphatic heterocycles. The molecule has 5 nitrogen and oxygen atoms in total. The quantitative estimate of drug-likeness (QED) is 0.838. The molecule has 0 radical (unpaired) electrons. The lowest BCUT2D eigenvalue weighted by Gasteiger charge is -2.04. The molecule has 1 unspecified atom stereocenters. The number of aromatic nitrogens is 2. The van der Waals surface area contributed by atoms with Crippen LogP contribution in [-0.4, -0.2) is 23.4 Å². The molecule has 0 fully saturated rings. The number of benzene rings is 1. The first-order valence-corrected chi connectivity index (χ1v) is 5.82. The van der Waals surface area contributed by atoms with Gasteiger partial charge in [-0.2, -0.15) is 4.98 Å². The Morgan fingerprint density at radius 1 is 1.44 bits per heavy atom. The Bertz CT molecular complexity index is 537. The molecule has 2 N–H and O–H groups in total. The predicted molar refractivity (Wildman–Crippen MR) is 69.1 cm³/mol. The molecule has 0 saturated heterocycles. The molecule has 2 aromatic rings. The summed E-state index contributed by atoms with van der Waals surface area (Å²) in [7, 11) is 1.66. The maximum Gasteiger partial charge on any atom is 0.258 e. The zero-order valence-corrected chi connectivity index (χ0v) is 10.8. The highest BCUT2D eigenvalue weighted by atomic mass is 16.5. The van der Waals surface area contributed by atoms with Crippen LogP contribution in [0.1, 0.15) is 18.3 Å². The van der Waals surface area contributed by atoms with E-state index in [1.807, 2.05) is 32.0 Å². The summed E-state index contributed by atoms with van der Waals surface area (Å²) >= 11 is 0. The van der Waals surface area contributed by atoms with Gasteiger partial charge in [-0.1, -0.05) is 11.2 Å². The van der Waals surface area contributed by atoms with Gasteiger partial charge >= 0.3 is 0 Å². The summed E-state index contributed by atoms with van der Waals surface area (Å²) in [4.78, 5) is 4.36. The number of hydrogen-bond acceptors (Lipinski definition) is 5. The molecular weight excluding hydrogens is 230 g/mol. The van der Waals surface area contributed by atoms with E-state index in [0.717, 1.165) is 11.1 Å². The van der Waals surface area contributed by atoms with E-state index in [1.165, 1.54) is 0 Å². The minimum Gasteiger partial charge on any atom is -0.399 e. The maximum atomic E-state index is 5.76. The minimum atomic E-state index is 0.0670. The van der Waals surface area contributed by atoms with Crippen LogP contribution in [0.2, 0.25) is 0 Å². The van der Waals surface area contributed by atoms with Crippen molar-refractivity contribution in [2.24, 2.45) is 0 Å². The fourth-order valence-electron chi connectivity index (χ4n) is 1.66. The van der Waals surface area contributed by atoms with Crippen LogP contribution in [0.15, 0.2) is 22.7 Å². The molecular formula is C13H17N3O2. The number of methoxy groups -OCH3 is 1. The van der Waals surface area contributed by atoms with Gasteiger partial charge in [-0.25, -0.2) is 0 Å². The van der Waals surface area contributed by atoms with Crippen molar-refractivity contribution in [1.82, 2.24) is 10.1 Å². The van der Waals surface area contributed by atoms with Crippen LogP contribution in [0, 0.1) is 6.92 Å². The molecule has 18 heavy (non-hydrogen) atoms. The third-order valence-electron chi connectivity index (χ3n) is 2.83. The van der Waals surface area contributed by atoms with Crippen molar-refractivity contribution in [3.8, 4) is 11.5 Å². The van der Waals surface area contributed by atoms with Crippen LogP contribution < -0.4 is 5.73 Å². The SMILES string of the molecule is COC(C)Cc1noc(-c2cc(N)ccc2C)n1. The van der Waals surface area contributed by atoms with Gasteiger partial charge in [-0.15, -0.1) is 0 Å². The van der Waals surface area contributed by atoms with Crippen LogP contribution in [0.4, 0.5) is 5.69 Å². The standard InChI is InChI=1S/C13H17N3O2/c1-8-4-5-10(14)7-11(8)13-15-12(16-18-13)6-9(2)17-3/h4-5,7,9H,6,14H2,1-3H3. The van der Waals surface area contributed by atoms with Crippen LogP contribution in [0.3, 0.4) is 0 Å². The Morgan fingerprint density at radius 3 is 2.94 bits per heavy atom. The summed E-state index contributed by atoms with van der Waals surface area (Å²) in [6, 6.07) is 5.63. The van der Waals surface area contributed by atoms with E-state index in [2.05, 4.69) is 10.1 Å². The van der Waals surface area contributed by atoms with Gasteiger partial charge < -0.3 is 15.0 Å². The first kappa shape index (κ1) is 12.6. The van der Waals surface area contributed by atoms with Crippen molar-refractivity contribution in [2.45, 2.75) is 26.4 Å². The number of aryl methyl sites for hydroxylation is 1. The van der Waals surface area contributed by atoms with Crippen LogP contribution in [0.25, 0.3) is 11.5 Å². The molecule has 5 heteroatoms. The second kappa shape index (κ2) is 5.18. The lowest BCUT2D eigenvalue weighted by atomic mass is 10.1. The fourth-order valence-corrected chi connectivity index (χ4v) is 1.66. The van der Waals surface area contributed by atoms with Gasteiger partial charge in [0.2, 0.25) is 0 Å². The van der Waals surface area contributed by atoms with E-state index in [1.54, 1.807) is 7.11 Å². The van der Waals surface area contributed by atoms with Crippen molar-refractivity contribution in [1.29, 1.82) is 0 Å². The third kappa shape index (κ3) is 2.68. The van der Waals surface area contributed by atoms with E-state index in [0.29, 0.717) is 23.8 Å². The maximum absolute atomic E-state index is 5.76. The van der Waals surface area contributed by atoms with Crippen molar-refractivity contribution >= 4 is 5.69 Å². The minimum absolute atomic E-state index is 0.0670. The number of nitrogen functional groups attached to an aromatic ring is 1. The summed E-state index contributed by atoms with van der Waals surface area (Å²) < 4.78 is 10.4. The van der Waals surface area contributed by atoms with Crippen LogP contribution in [-0.2, 0) is 11.2 Å². The van der Waals surface area contributed by atoms with Gasteiger partial charge in [-0.3, -0.25) is 0 Å². The van der Waals surface area contributed by atoms with Gasteiger partial charge in [-0.05, 0) is 31.5 Å². The lowest BCUT2D eigenvalue weighted by molar-refractivity contribution is 0.116. The van der Waals surface area contributed by atoms with E-state index < -0.39 is 0 Å². The molecule has 0 saturated carbocycles. The predicted octanol–water partition coefficient (Wildman–Crippen LogP) is 2.20. The monoisotopic (exact) mass is 247 g/mol. The summed E-state index contributed by atoms with van der Waals surface area (Å²) in [5.74, 6) is 1.14. The summed E-state index contributed by atoms with van der Waals surface area (Å²) in [5, 5.41) is 3.94. The zero-order chi connectivity index (χ0) is 13.1. The average molecular weight is 247 g/mol. The van der Waals surface area contributed by atoms with Crippen molar-refractivity contribution in [2.75, 3.05) is 12.8 Å². The summed E-state index contributed by atoms with van der Waals surface area (Å²) in [6.45, 7) is 3.94. The number of ether oxygens (including phenoxy) is 1. The number of rotatable bonds is 4. The number of nitrogens with two attached hydrogens (primary N) is 1. The highest BCUT2D eigenvalue weighted by Gasteiger charge is 2.13. The molecule has 0 amide bonds. The number of nitrogens with zero attached hydrogens (tertiary/aromatic N) is 2. The number of hydrogen-bond donors (Lipinski definition) is 1. The molecule has 1 aromatic carbocycles. The largest absolute Gasteiger partial charge is 0.399 e. The van der Waals surface area contributed by atoms with Gasteiger partial charge in [0.05, 0.1) is 6.10 Å². The molecule has 96 valence electrons. The van der Waals surface area contributed by atoms with Gasteiger partial charge in [0.25, 0.3) is 5.89 Å². The Labute approximate surface area is 106 Å². The normalized spacial score (nSPS) is 12.6. The molecule has 1 heterocycles. The van der Waals surface area contributed by atoms with Gasteiger partial charge in [0, 0.05) is 24.8 Å². The molecule has 2 rings (SSSR count). The molecule has 0 bridgehead atoms. The van der Waals surface area contributed by atoms with Gasteiger partial charge in [0.15, 0.2) is 5.82 Å². The van der Waals surface area contributed by atoms with Crippen LogP contribution >= 0.6 is 0 Å². The first-order valence-electron chi connectivity index (χ1n) is 5.82. The van der Waals surface area contributed by atoms with E-state index in [4.69, 9.17) is 15.0 Å². The highest BCUT2D eigenvalue weighted by Crippen LogP contribution is 2.24. The third-order valence-corrected chi connectivity index (χ3v) is 2.83. The lowest BCUT2D eigenvalue weighted by Crippen LogP contribution is -2.09. The second-order valence-electron chi connectivity index (χ2n) is 4.34. The smallest absolute Gasteiger partial charge is 0.258 e. The Kier molecular flexibility index (Phi) is 3.62. The van der Waals surface area contributed by atoms with E-state index in [9.17, 15) is 0 Å². The highest BCUT2D eigenvalue weighted by molar-refractivity contribution is 5.63. The van der Waals surface area contributed by atoms with E-state index >= 15 is 0 Å². The molecule has 0 aliphatic rings. The van der Waals surface area contributed by atoms with Crippen molar-refractivity contribution < 1.29 is 9.26 Å². The summed E-state index contributed by atoms with van der Waals surface area (Å²) in [5.41, 5.74) is 8.37. The fraction of sp³-hybridized carbons (Fsp3) is 0.385. The topological polar surface area (TPSA) is 74.2 Å². The van der Waals surface area contributed by atoms with Crippen molar-refractivity contribution in [3.63, 3.8) is 0 Å². The van der Waals surface area contributed by atoms with E-state index in [-0.39, 0.29) is 6.10 Å². The van der Waals surface area contributed by atoms with Crippen LogP contribution in [0.5, 0.6) is 0 Å². The van der Waals surface area contributed by atoms with Crippen molar-refractivity contribution in [3.05, 3.63) is 29.6 Å². The Hall–Kier alpha value is -1.88. The first-order chi connectivity index (χ1) is 8.60. The van der Waals surface area contributed by atoms with Gasteiger partial charge in [0.1, 0.15) is 0 Å². The molecule has 0 spiro atoms. The summed E-state index contributed by atoms with van der Waals surface area (Å²) in [6.07, 6.45) is 0.693. The molecule has 1 atom stereocenters. The second-order valence-corrected chi connectivity index (χ2v) is 4.34. The Morgan fingerprint density at radius 2 is 2.22 bits per heavy atom. The molecule has 1 aromatic heterocycles. The number of anilines is 1.